The molecular weight excluding hydrogens is 266 g/mol. The molecule has 0 unspecified atom stereocenters. The van der Waals surface area contributed by atoms with Gasteiger partial charge in [0.2, 0.25) is 0 Å². The molecule has 0 aliphatic carbocycles. The number of carbonyl (C=O) groups excluding carboxylic acids is 1. The van der Waals surface area contributed by atoms with Gasteiger partial charge in [0.1, 0.15) is 17.2 Å². The fourth-order valence-electron chi connectivity index (χ4n) is 1.80. The third-order valence-corrected chi connectivity index (χ3v) is 2.94. The van der Waals surface area contributed by atoms with Crippen LogP contribution in [0.4, 0.5) is 0 Å². The van der Waals surface area contributed by atoms with E-state index in [0.717, 1.165) is 5.75 Å². The normalized spacial score (nSPS) is 9.71. The van der Waals surface area contributed by atoms with E-state index in [-0.39, 0.29) is 18.6 Å². The Morgan fingerprint density at radius 2 is 1.52 bits per heavy atom. The Bertz CT molecular complexity index is 639. The van der Waals surface area contributed by atoms with E-state index < -0.39 is 0 Å². The molecule has 106 valence electrons. The maximum absolute atomic E-state index is 11.7. The van der Waals surface area contributed by atoms with Crippen molar-refractivity contribution in [2.24, 2.45) is 0 Å². The third kappa shape index (κ3) is 4.08. The van der Waals surface area contributed by atoms with E-state index in [2.05, 4.69) is 0 Å². The maximum atomic E-state index is 11.7. The Labute approximate surface area is 123 Å². The van der Waals surface area contributed by atoms with Gasteiger partial charge in [-0.1, -0.05) is 0 Å². The molecule has 0 aliphatic heterocycles. The number of carbonyl (C=O) groups is 1. The number of Topliss-reactive ketones (excluding diaryl/α,β-unsaturated/α-hetero) is 1. The highest BCUT2D eigenvalue weighted by Gasteiger charge is 2.06. The van der Waals surface area contributed by atoms with E-state index in [9.17, 15) is 4.79 Å². The van der Waals surface area contributed by atoms with Gasteiger partial charge in [-0.15, -0.1) is 0 Å². The van der Waals surface area contributed by atoms with Crippen LogP contribution in [0.15, 0.2) is 48.5 Å². The lowest BCUT2D eigenvalue weighted by molar-refractivity contribution is 0.0984. The first-order valence-corrected chi connectivity index (χ1v) is 6.55. The number of rotatable bonds is 6. The van der Waals surface area contributed by atoms with Crippen molar-refractivity contribution in [2.45, 2.75) is 12.8 Å². The van der Waals surface area contributed by atoms with Crippen molar-refractivity contribution in [3.8, 4) is 23.3 Å². The molecule has 0 radical (unpaired) electrons. The fourth-order valence-corrected chi connectivity index (χ4v) is 1.80. The monoisotopic (exact) mass is 281 g/mol. The van der Waals surface area contributed by atoms with Crippen LogP contribution >= 0.6 is 0 Å². The number of nitriles is 1. The van der Waals surface area contributed by atoms with E-state index in [1.54, 1.807) is 31.4 Å². The minimum absolute atomic E-state index is 0.0347. The minimum Gasteiger partial charge on any atom is -0.497 e. The molecule has 0 bridgehead atoms. The summed E-state index contributed by atoms with van der Waals surface area (Å²) in [4.78, 5) is 11.7. The van der Waals surface area contributed by atoms with Crippen LogP contribution in [0.1, 0.15) is 23.2 Å². The van der Waals surface area contributed by atoms with Crippen LogP contribution in [0, 0.1) is 11.3 Å². The van der Waals surface area contributed by atoms with E-state index in [4.69, 9.17) is 14.7 Å². The number of hydrogen-bond donors (Lipinski definition) is 0. The minimum atomic E-state index is -0.0347. The predicted molar refractivity (Wildman–Crippen MR) is 78.7 cm³/mol. The summed E-state index contributed by atoms with van der Waals surface area (Å²) in [6.07, 6.45) is 0.484. The van der Waals surface area contributed by atoms with Crippen LogP contribution in [0.2, 0.25) is 0 Å². The van der Waals surface area contributed by atoms with Crippen molar-refractivity contribution in [3.05, 3.63) is 54.1 Å². The largest absolute Gasteiger partial charge is 0.497 e. The smallest absolute Gasteiger partial charge is 0.163 e. The van der Waals surface area contributed by atoms with Gasteiger partial charge in [0.15, 0.2) is 5.78 Å². The quantitative estimate of drug-likeness (QED) is 0.751. The molecule has 4 heteroatoms. The summed E-state index contributed by atoms with van der Waals surface area (Å²) in [5.41, 5.74) is 0.590. The second-order valence-electron chi connectivity index (χ2n) is 4.38. The highest BCUT2D eigenvalue weighted by Crippen LogP contribution is 2.24. The fraction of sp³-hybridized carbons (Fsp3) is 0.176. The predicted octanol–water partition coefficient (Wildman–Crippen LogP) is 3.97. The Hall–Kier alpha value is -2.80. The zero-order valence-electron chi connectivity index (χ0n) is 11.7. The molecule has 0 amide bonds. The van der Waals surface area contributed by atoms with Crippen LogP contribution < -0.4 is 9.47 Å². The molecular formula is C17H15NO3. The molecule has 21 heavy (non-hydrogen) atoms. The Balaban J connectivity index is 2.01. The molecule has 4 nitrogen and oxygen atoms in total. The summed E-state index contributed by atoms with van der Waals surface area (Å²) in [7, 11) is 1.61. The summed E-state index contributed by atoms with van der Waals surface area (Å²) in [6.45, 7) is 0. The Kier molecular flexibility index (Phi) is 4.94. The van der Waals surface area contributed by atoms with Crippen molar-refractivity contribution in [1.29, 1.82) is 5.26 Å². The van der Waals surface area contributed by atoms with Gasteiger partial charge in [-0.2, -0.15) is 5.26 Å². The van der Waals surface area contributed by atoms with Crippen molar-refractivity contribution < 1.29 is 14.3 Å². The lowest BCUT2D eigenvalue weighted by Gasteiger charge is -2.07. The molecule has 0 spiro atoms. The van der Waals surface area contributed by atoms with Crippen molar-refractivity contribution >= 4 is 5.78 Å². The second-order valence-corrected chi connectivity index (χ2v) is 4.38. The van der Waals surface area contributed by atoms with Crippen LogP contribution in [0.25, 0.3) is 0 Å². The maximum Gasteiger partial charge on any atom is 0.163 e. The second kappa shape index (κ2) is 7.11. The number of hydrogen-bond acceptors (Lipinski definition) is 4. The van der Waals surface area contributed by atoms with Gasteiger partial charge in [0.05, 0.1) is 13.2 Å². The van der Waals surface area contributed by atoms with Gasteiger partial charge in [0.25, 0.3) is 0 Å². The van der Waals surface area contributed by atoms with E-state index >= 15 is 0 Å². The zero-order valence-corrected chi connectivity index (χ0v) is 11.7. The van der Waals surface area contributed by atoms with Crippen LogP contribution in [-0.2, 0) is 0 Å². The molecule has 0 aromatic heterocycles. The highest BCUT2D eigenvalue weighted by atomic mass is 16.5. The summed E-state index contributed by atoms with van der Waals surface area (Å²) in [5, 5.41) is 8.48. The summed E-state index contributed by atoms with van der Waals surface area (Å²) in [5.74, 6) is 2.07. The molecule has 0 heterocycles. The zero-order chi connectivity index (χ0) is 15.1. The Morgan fingerprint density at radius 3 is 2.05 bits per heavy atom. The van der Waals surface area contributed by atoms with Gasteiger partial charge in [-0.25, -0.2) is 0 Å². The molecule has 0 N–H and O–H groups in total. The molecule has 0 saturated carbocycles. The average molecular weight is 281 g/mol. The molecule has 2 aromatic rings. The van der Waals surface area contributed by atoms with Crippen molar-refractivity contribution in [3.63, 3.8) is 0 Å². The lowest BCUT2D eigenvalue weighted by atomic mass is 10.1. The number of ether oxygens (including phenoxy) is 2. The number of ketones is 1. The van der Waals surface area contributed by atoms with Gasteiger partial charge in [-0.3, -0.25) is 4.79 Å². The van der Waals surface area contributed by atoms with Gasteiger partial charge in [0, 0.05) is 18.4 Å². The first-order chi connectivity index (χ1) is 10.2. The van der Waals surface area contributed by atoms with Crippen molar-refractivity contribution in [2.75, 3.05) is 7.11 Å². The number of benzene rings is 2. The van der Waals surface area contributed by atoms with E-state index in [1.807, 2.05) is 30.3 Å². The first kappa shape index (κ1) is 14.6. The van der Waals surface area contributed by atoms with Crippen LogP contribution in [0.3, 0.4) is 0 Å². The standard InChI is InChI=1S/C17H15NO3/c1-20-14-8-10-16(11-9-14)21-15-6-4-13(5-7-15)17(19)3-2-12-18/h4-11H,2-3H2,1H3. The number of methoxy groups -OCH3 is 1. The Morgan fingerprint density at radius 1 is 1.00 bits per heavy atom. The van der Waals surface area contributed by atoms with Crippen LogP contribution in [-0.4, -0.2) is 12.9 Å². The summed E-state index contributed by atoms with van der Waals surface area (Å²) < 4.78 is 10.8. The van der Waals surface area contributed by atoms with E-state index in [1.165, 1.54) is 0 Å². The summed E-state index contributed by atoms with van der Waals surface area (Å²) >= 11 is 0. The first-order valence-electron chi connectivity index (χ1n) is 6.55. The van der Waals surface area contributed by atoms with Gasteiger partial charge >= 0.3 is 0 Å². The number of nitrogens with zero attached hydrogens (tertiary/aromatic N) is 1. The molecule has 0 atom stereocenters. The van der Waals surface area contributed by atoms with Crippen molar-refractivity contribution in [1.82, 2.24) is 0 Å². The van der Waals surface area contributed by atoms with E-state index in [0.29, 0.717) is 17.1 Å². The molecule has 2 aromatic carbocycles. The van der Waals surface area contributed by atoms with Gasteiger partial charge < -0.3 is 9.47 Å². The topological polar surface area (TPSA) is 59.3 Å². The molecule has 0 saturated heterocycles. The average Bonchev–Trinajstić information content (AvgIpc) is 2.54. The molecule has 0 fully saturated rings. The SMILES string of the molecule is COc1ccc(Oc2ccc(C(=O)CCC#N)cc2)cc1. The lowest BCUT2D eigenvalue weighted by Crippen LogP contribution is -1.97. The molecule has 0 aliphatic rings. The van der Waals surface area contributed by atoms with Crippen LogP contribution in [0.5, 0.6) is 17.2 Å². The molecule has 2 rings (SSSR count). The summed E-state index contributed by atoms with van der Waals surface area (Å²) in [6, 6.07) is 16.1. The third-order valence-electron chi connectivity index (χ3n) is 2.94. The van der Waals surface area contributed by atoms with Gasteiger partial charge in [-0.05, 0) is 48.5 Å². The highest BCUT2D eigenvalue weighted by molar-refractivity contribution is 5.96.